The number of fused-ring (bicyclic) bond motifs is 1. The highest BCUT2D eigenvalue weighted by Gasteiger charge is 2.14. The number of para-hydroxylation sites is 1. The van der Waals surface area contributed by atoms with E-state index in [2.05, 4.69) is 33.4 Å². The van der Waals surface area contributed by atoms with Crippen molar-refractivity contribution in [2.45, 2.75) is 19.4 Å². The van der Waals surface area contributed by atoms with E-state index in [1.165, 1.54) is 18.4 Å². The Hall–Kier alpha value is -3.47. The van der Waals surface area contributed by atoms with Crippen molar-refractivity contribution in [2.75, 3.05) is 23.3 Å². The van der Waals surface area contributed by atoms with Crippen LogP contribution in [-0.4, -0.2) is 28.0 Å². The van der Waals surface area contributed by atoms with Crippen LogP contribution in [0.25, 0.3) is 22.3 Å². The van der Waals surface area contributed by atoms with E-state index in [1.807, 2.05) is 54.7 Å². The maximum atomic E-state index is 4.84. The highest BCUT2D eigenvalue weighted by atomic mass is 15.2. The summed E-state index contributed by atoms with van der Waals surface area (Å²) in [5.74, 6) is 2.66. The van der Waals surface area contributed by atoms with Crippen LogP contribution in [0, 0.1) is 0 Å². The van der Waals surface area contributed by atoms with E-state index in [0.29, 0.717) is 6.54 Å². The summed E-state index contributed by atoms with van der Waals surface area (Å²) >= 11 is 0. The van der Waals surface area contributed by atoms with Gasteiger partial charge in [-0.25, -0.2) is 15.0 Å². The molecular formula is C24H23N5. The summed E-state index contributed by atoms with van der Waals surface area (Å²) in [6, 6.07) is 22.5. The molecule has 0 saturated carbocycles. The maximum absolute atomic E-state index is 4.84. The fourth-order valence-electron chi connectivity index (χ4n) is 3.80. The van der Waals surface area contributed by atoms with Gasteiger partial charge in [-0.2, -0.15) is 0 Å². The van der Waals surface area contributed by atoms with Gasteiger partial charge in [-0.05, 0) is 42.7 Å². The molecule has 0 amide bonds. The molecular weight excluding hydrogens is 358 g/mol. The Balaban J connectivity index is 1.45. The SMILES string of the molecule is c1ccc(-c2nc(NCc3ccnc(N4CCCC4)c3)c3ccccc3n2)cc1. The van der Waals surface area contributed by atoms with Crippen molar-refractivity contribution < 1.29 is 0 Å². The standard InChI is InChI=1S/C24H23N5/c1-2-8-19(9-3-1)23-27-21-11-5-4-10-20(21)24(28-23)26-17-18-12-13-25-22(16-18)29-14-6-7-15-29/h1-5,8-13,16H,6-7,14-15,17H2,(H,26,27,28). The fourth-order valence-corrected chi connectivity index (χ4v) is 3.80. The molecule has 29 heavy (non-hydrogen) atoms. The van der Waals surface area contributed by atoms with Crippen LogP contribution in [0.1, 0.15) is 18.4 Å². The van der Waals surface area contributed by atoms with Gasteiger partial charge in [0.05, 0.1) is 5.52 Å². The number of nitrogens with one attached hydrogen (secondary N) is 1. The second kappa shape index (κ2) is 7.87. The number of aromatic nitrogens is 3. The molecule has 5 nitrogen and oxygen atoms in total. The number of hydrogen-bond acceptors (Lipinski definition) is 5. The average molecular weight is 381 g/mol. The molecule has 0 spiro atoms. The predicted molar refractivity (Wildman–Crippen MR) is 118 cm³/mol. The molecule has 1 saturated heterocycles. The summed E-state index contributed by atoms with van der Waals surface area (Å²) in [5.41, 5.74) is 3.16. The van der Waals surface area contributed by atoms with Crippen molar-refractivity contribution in [1.82, 2.24) is 15.0 Å². The molecule has 1 N–H and O–H groups in total. The van der Waals surface area contributed by atoms with Crippen LogP contribution in [0.15, 0.2) is 72.9 Å². The Morgan fingerprint density at radius 2 is 1.66 bits per heavy atom. The summed E-state index contributed by atoms with van der Waals surface area (Å²) in [5, 5.41) is 4.56. The van der Waals surface area contributed by atoms with Crippen LogP contribution in [0.3, 0.4) is 0 Å². The largest absolute Gasteiger partial charge is 0.365 e. The average Bonchev–Trinajstić information content (AvgIpc) is 3.33. The van der Waals surface area contributed by atoms with E-state index in [9.17, 15) is 0 Å². The van der Waals surface area contributed by atoms with E-state index in [1.54, 1.807) is 0 Å². The third-order valence-corrected chi connectivity index (χ3v) is 5.34. The van der Waals surface area contributed by atoms with Crippen LogP contribution in [-0.2, 0) is 6.54 Å². The van der Waals surface area contributed by atoms with Crippen LogP contribution in [0.2, 0.25) is 0 Å². The lowest BCUT2D eigenvalue weighted by molar-refractivity contribution is 0.931. The quantitative estimate of drug-likeness (QED) is 0.533. The highest BCUT2D eigenvalue weighted by Crippen LogP contribution is 2.25. The topological polar surface area (TPSA) is 53.9 Å². The van der Waals surface area contributed by atoms with Crippen molar-refractivity contribution in [3.8, 4) is 11.4 Å². The Morgan fingerprint density at radius 3 is 2.52 bits per heavy atom. The van der Waals surface area contributed by atoms with Crippen molar-refractivity contribution in [3.63, 3.8) is 0 Å². The normalized spacial score (nSPS) is 13.7. The lowest BCUT2D eigenvalue weighted by atomic mass is 10.2. The smallest absolute Gasteiger partial charge is 0.162 e. The van der Waals surface area contributed by atoms with Crippen LogP contribution in [0.4, 0.5) is 11.6 Å². The molecule has 4 aromatic rings. The lowest BCUT2D eigenvalue weighted by Gasteiger charge is -2.17. The summed E-state index contributed by atoms with van der Waals surface area (Å²) in [4.78, 5) is 16.5. The summed E-state index contributed by atoms with van der Waals surface area (Å²) in [7, 11) is 0. The number of pyridine rings is 1. The number of nitrogens with zero attached hydrogens (tertiary/aromatic N) is 4. The maximum Gasteiger partial charge on any atom is 0.162 e. The highest BCUT2D eigenvalue weighted by molar-refractivity contribution is 5.90. The Labute approximate surface area is 170 Å². The fraction of sp³-hybridized carbons (Fsp3) is 0.208. The van der Waals surface area contributed by atoms with Crippen LogP contribution < -0.4 is 10.2 Å². The molecule has 3 heterocycles. The van der Waals surface area contributed by atoms with E-state index in [4.69, 9.17) is 9.97 Å². The molecule has 144 valence electrons. The van der Waals surface area contributed by atoms with Gasteiger partial charge in [-0.1, -0.05) is 42.5 Å². The molecule has 0 unspecified atom stereocenters. The minimum Gasteiger partial charge on any atom is -0.365 e. The Bertz CT molecular complexity index is 1120. The van der Waals surface area contributed by atoms with Gasteiger partial charge in [-0.3, -0.25) is 0 Å². The first-order chi connectivity index (χ1) is 14.4. The second-order valence-corrected chi connectivity index (χ2v) is 7.35. The van der Waals surface area contributed by atoms with Gasteiger partial charge in [0, 0.05) is 36.8 Å². The molecule has 1 fully saturated rings. The van der Waals surface area contributed by atoms with Crippen molar-refractivity contribution in [2.24, 2.45) is 0 Å². The van der Waals surface area contributed by atoms with Crippen molar-refractivity contribution >= 4 is 22.5 Å². The molecule has 1 aliphatic rings. The van der Waals surface area contributed by atoms with E-state index in [-0.39, 0.29) is 0 Å². The van der Waals surface area contributed by atoms with Crippen molar-refractivity contribution in [3.05, 3.63) is 78.5 Å². The first-order valence-corrected chi connectivity index (χ1v) is 10.1. The molecule has 0 aliphatic carbocycles. The van der Waals surface area contributed by atoms with Crippen LogP contribution >= 0.6 is 0 Å². The minimum atomic E-state index is 0.693. The van der Waals surface area contributed by atoms with Crippen LogP contribution in [0.5, 0.6) is 0 Å². The molecule has 2 aromatic heterocycles. The van der Waals surface area contributed by atoms with Gasteiger partial charge in [0.1, 0.15) is 11.6 Å². The molecule has 1 aliphatic heterocycles. The zero-order valence-electron chi connectivity index (χ0n) is 16.3. The van der Waals surface area contributed by atoms with Crippen molar-refractivity contribution in [1.29, 1.82) is 0 Å². The van der Waals surface area contributed by atoms with Gasteiger partial charge >= 0.3 is 0 Å². The third-order valence-electron chi connectivity index (χ3n) is 5.34. The van der Waals surface area contributed by atoms with E-state index in [0.717, 1.165) is 47.0 Å². The van der Waals surface area contributed by atoms with Gasteiger partial charge < -0.3 is 10.2 Å². The summed E-state index contributed by atoms with van der Waals surface area (Å²) in [6.07, 6.45) is 4.40. The monoisotopic (exact) mass is 381 g/mol. The summed E-state index contributed by atoms with van der Waals surface area (Å²) < 4.78 is 0. The predicted octanol–water partition coefficient (Wildman–Crippen LogP) is 4.90. The zero-order valence-corrected chi connectivity index (χ0v) is 16.3. The van der Waals surface area contributed by atoms with Gasteiger partial charge in [0.2, 0.25) is 0 Å². The summed E-state index contributed by atoms with van der Waals surface area (Å²) in [6.45, 7) is 2.89. The molecule has 0 bridgehead atoms. The second-order valence-electron chi connectivity index (χ2n) is 7.35. The van der Waals surface area contributed by atoms with E-state index >= 15 is 0 Å². The lowest BCUT2D eigenvalue weighted by Crippen LogP contribution is -2.19. The van der Waals surface area contributed by atoms with Gasteiger partial charge in [-0.15, -0.1) is 0 Å². The first kappa shape index (κ1) is 17.6. The molecule has 2 aromatic carbocycles. The molecule has 0 atom stereocenters. The number of rotatable bonds is 5. The number of hydrogen-bond donors (Lipinski definition) is 1. The molecule has 5 rings (SSSR count). The zero-order chi connectivity index (χ0) is 19.5. The molecule has 5 heteroatoms. The number of benzene rings is 2. The first-order valence-electron chi connectivity index (χ1n) is 10.1. The minimum absolute atomic E-state index is 0.693. The van der Waals surface area contributed by atoms with Gasteiger partial charge in [0.25, 0.3) is 0 Å². The Morgan fingerprint density at radius 1 is 0.862 bits per heavy atom. The third kappa shape index (κ3) is 3.76. The van der Waals surface area contributed by atoms with Gasteiger partial charge in [0.15, 0.2) is 5.82 Å². The van der Waals surface area contributed by atoms with E-state index < -0.39 is 0 Å². The Kier molecular flexibility index (Phi) is 4.78. The molecule has 0 radical (unpaired) electrons. The number of anilines is 2.